The lowest BCUT2D eigenvalue weighted by molar-refractivity contribution is -0.384. The van der Waals surface area contributed by atoms with Gasteiger partial charge in [-0.25, -0.2) is 4.79 Å². The number of unbranched alkanes of at least 4 members (excludes halogenated alkanes) is 7. The van der Waals surface area contributed by atoms with Crippen LogP contribution in [0.4, 0.5) is 5.69 Å². The van der Waals surface area contributed by atoms with Crippen LogP contribution in [-0.2, 0) is 4.74 Å². The molecule has 0 radical (unpaired) electrons. The summed E-state index contributed by atoms with van der Waals surface area (Å²) in [6, 6.07) is 5.43. The molecule has 152 valence electrons. The van der Waals surface area contributed by atoms with Crippen LogP contribution in [-0.4, -0.2) is 27.2 Å². The fraction of sp³-hybridized carbons (Fsp3) is 0.650. The number of halogens is 2. The Hall–Kier alpha value is -0.950. The van der Waals surface area contributed by atoms with Crippen LogP contribution >= 0.6 is 31.9 Å². The highest BCUT2D eigenvalue weighted by molar-refractivity contribution is 9.12. The molecule has 0 aliphatic carbocycles. The fourth-order valence-corrected chi connectivity index (χ4v) is 3.59. The summed E-state index contributed by atoms with van der Waals surface area (Å²) in [5.41, 5.74) is 0.269. The van der Waals surface area contributed by atoms with Gasteiger partial charge in [-0.15, -0.1) is 0 Å². The number of benzene rings is 1. The molecule has 5 nitrogen and oxygen atoms in total. The number of rotatable bonds is 14. The Morgan fingerprint density at radius 3 is 2.11 bits per heavy atom. The molecule has 0 N–H and O–H groups in total. The monoisotopic (exact) mass is 505 g/mol. The highest BCUT2D eigenvalue weighted by atomic mass is 79.9. The molecule has 0 bridgehead atoms. The summed E-state index contributed by atoms with van der Waals surface area (Å²) in [6.45, 7) is 2.48. The zero-order valence-corrected chi connectivity index (χ0v) is 19.0. The largest absolute Gasteiger partial charge is 0.461 e. The predicted molar refractivity (Wildman–Crippen MR) is 116 cm³/mol. The lowest BCUT2D eigenvalue weighted by Crippen LogP contribution is -2.22. The minimum absolute atomic E-state index is 0.0315. The van der Waals surface area contributed by atoms with Crippen molar-refractivity contribution >= 4 is 43.5 Å². The van der Waals surface area contributed by atoms with E-state index in [1.165, 1.54) is 69.2 Å². The summed E-state index contributed by atoms with van der Waals surface area (Å²) >= 11 is 7.24. The van der Waals surface area contributed by atoms with Crippen molar-refractivity contribution in [1.82, 2.24) is 0 Å². The molecule has 7 heteroatoms. The molecule has 0 aromatic heterocycles. The summed E-state index contributed by atoms with van der Waals surface area (Å²) in [5.74, 6) is -0.471. The first kappa shape index (κ1) is 24.1. The molecule has 1 aromatic rings. The van der Waals surface area contributed by atoms with Gasteiger partial charge in [0.1, 0.15) is 6.61 Å². The SMILES string of the molecule is CCCCCCCCCC[C@H](Br)[C@H](Br)COC(=O)c1ccc([N+](=O)[O-])cc1. The Morgan fingerprint density at radius 1 is 1.00 bits per heavy atom. The lowest BCUT2D eigenvalue weighted by atomic mass is 10.1. The summed E-state index contributed by atoms with van der Waals surface area (Å²) in [4.78, 5) is 22.4. The predicted octanol–water partition coefficient (Wildman–Crippen LogP) is 6.81. The molecule has 0 spiro atoms. The van der Waals surface area contributed by atoms with Crippen molar-refractivity contribution in [1.29, 1.82) is 0 Å². The first-order valence-corrected chi connectivity index (χ1v) is 11.5. The summed E-state index contributed by atoms with van der Waals surface area (Å²) in [5, 5.41) is 10.6. The first-order chi connectivity index (χ1) is 13.0. The van der Waals surface area contributed by atoms with Crippen molar-refractivity contribution in [3.63, 3.8) is 0 Å². The van der Waals surface area contributed by atoms with Gasteiger partial charge < -0.3 is 4.74 Å². The van der Waals surface area contributed by atoms with E-state index < -0.39 is 10.9 Å². The number of esters is 1. The minimum atomic E-state index is -0.496. The molecule has 0 aliphatic rings. The van der Waals surface area contributed by atoms with E-state index in [4.69, 9.17) is 4.74 Å². The molecule has 0 amide bonds. The number of hydrogen-bond donors (Lipinski definition) is 0. The molecule has 2 atom stereocenters. The molecule has 1 aromatic carbocycles. The molecular weight excluding hydrogens is 478 g/mol. The third kappa shape index (κ3) is 10.2. The van der Waals surface area contributed by atoms with E-state index in [9.17, 15) is 14.9 Å². The molecular formula is C20H29Br2NO4. The average molecular weight is 507 g/mol. The Morgan fingerprint density at radius 2 is 1.56 bits per heavy atom. The average Bonchev–Trinajstić information content (AvgIpc) is 2.67. The van der Waals surface area contributed by atoms with Crippen LogP contribution in [0.3, 0.4) is 0 Å². The Kier molecular flexibility index (Phi) is 12.6. The maximum atomic E-state index is 12.0. The normalized spacial score (nSPS) is 13.1. The van der Waals surface area contributed by atoms with E-state index in [0.717, 1.165) is 12.8 Å². The van der Waals surface area contributed by atoms with Gasteiger partial charge in [-0.05, 0) is 18.6 Å². The molecule has 0 unspecified atom stereocenters. The molecule has 1 rings (SSSR count). The fourth-order valence-electron chi connectivity index (χ4n) is 2.72. The molecule has 27 heavy (non-hydrogen) atoms. The number of ether oxygens (including phenoxy) is 1. The number of non-ortho nitro benzene ring substituents is 1. The van der Waals surface area contributed by atoms with Gasteiger partial charge in [0.25, 0.3) is 5.69 Å². The van der Waals surface area contributed by atoms with Crippen molar-refractivity contribution in [2.75, 3.05) is 6.61 Å². The maximum absolute atomic E-state index is 12.0. The second-order valence-electron chi connectivity index (χ2n) is 6.70. The smallest absolute Gasteiger partial charge is 0.338 e. The number of hydrogen-bond acceptors (Lipinski definition) is 4. The zero-order chi connectivity index (χ0) is 20.1. The molecule has 0 heterocycles. The molecule has 0 fully saturated rings. The molecule has 0 aliphatic heterocycles. The Bertz CT molecular complexity index is 566. The number of nitro groups is 1. The van der Waals surface area contributed by atoms with Gasteiger partial charge in [-0.1, -0.05) is 90.2 Å². The topological polar surface area (TPSA) is 69.4 Å². The number of carbonyl (C=O) groups excluding carboxylic acids is 1. The van der Waals surface area contributed by atoms with E-state index in [1.807, 2.05) is 0 Å². The van der Waals surface area contributed by atoms with E-state index in [1.54, 1.807) is 0 Å². The standard InChI is InChI=1S/C20H29Br2NO4/c1-2-3-4-5-6-7-8-9-10-18(21)19(22)15-27-20(24)16-11-13-17(14-12-16)23(25)26/h11-14,18-19H,2-10,15H2,1H3/t18-,19+/m0/s1. The van der Waals surface area contributed by atoms with E-state index >= 15 is 0 Å². The number of nitrogens with zero attached hydrogens (tertiary/aromatic N) is 1. The van der Waals surface area contributed by atoms with Crippen LogP contribution in [0.15, 0.2) is 24.3 Å². The van der Waals surface area contributed by atoms with Gasteiger partial charge >= 0.3 is 5.97 Å². The van der Waals surface area contributed by atoms with E-state index in [-0.39, 0.29) is 21.9 Å². The maximum Gasteiger partial charge on any atom is 0.338 e. The van der Waals surface area contributed by atoms with Crippen molar-refractivity contribution in [2.45, 2.75) is 74.4 Å². The van der Waals surface area contributed by atoms with Crippen molar-refractivity contribution in [3.8, 4) is 0 Å². The Balaban J connectivity index is 2.19. The van der Waals surface area contributed by atoms with Crippen molar-refractivity contribution < 1.29 is 14.5 Å². The summed E-state index contributed by atoms with van der Waals surface area (Å²) in [6.07, 6.45) is 11.3. The zero-order valence-electron chi connectivity index (χ0n) is 15.9. The van der Waals surface area contributed by atoms with Crippen LogP contribution in [0, 0.1) is 10.1 Å². The third-order valence-electron chi connectivity index (χ3n) is 4.41. The van der Waals surface area contributed by atoms with Gasteiger partial charge in [0.2, 0.25) is 0 Å². The number of carbonyl (C=O) groups is 1. The minimum Gasteiger partial charge on any atom is -0.461 e. The van der Waals surface area contributed by atoms with Crippen LogP contribution in [0.1, 0.15) is 75.1 Å². The second kappa shape index (κ2) is 14.1. The van der Waals surface area contributed by atoms with E-state index in [0.29, 0.717) is 5.56 Å². The summed E-state index contributed by atoms with van der Waals surface area (Å²) in [7, 11) is 0. The molecule has 0 saturated carbocycles. The number of alkyl halides is 2. The molecule has 0 saturated heterocycles. The van der Waals surface area contributed by atoms with Gasteiger partial charge in [0, 0.05) is 17.0 Å². The third-order valence-corrected chi connectivity index (χ3v) is 7.12. The van der Waals surface area contributed by atoms with Gasteiger partial charge in [0.05, 0.1) is 15.3 Å². The lowest BCUT2D eigenvalue weighted by Gasteiger charge is -2.17. The first-order valence-electron chi connectivity index (χ1n) is 9.65. The quantitative estimate of drug-likeness (QED) is 0.0913. The van der Waals surface area contributed by atoms with E-state index in [2.05, 4.69) is 38.8 Å². The van der Waals surface area contributed by atoms with Crippen LogP contribution in [0.5, 0.6) is 0 Å². The number of nitro benzene ring substituents is 1. The van der Waals surface area contributed by atoms with Crippen molar-refractivity contribution in [3.05, 3.63) is 39.9 Å². The van der Waals surface area contributed by atoms with Gasteiger partial charge in [-0.3, -0.25) is 10.1 Å². The van der Waals surface area contributed by atoms with Crippen LogP contribution in [0.25, 0.3) is 0 Å². The van der Waals surface area contributed by atoms with Crippen molar-refractivity contribution in [2.24, 2.45) is 0 Å². The van der Waals surface area contributed by atoms with Gasteiger partial charge in [-0.2, -0.15) is 0 Å². The summed E-state index contributed by atoms with van der Waals surface area (Å²) < 4.78 is 5.31. The highest BCUT2D eigenvalue weighted by Gasteiger charge is 2.18. The highest BCUT2D eigenvalue weighted by Crippen LogP contribution is 2.22. The van der Waals surface area contributed by atoms with Crippen LogP contribution in [0.2, 0.25) is 0 Å². The Labute approximate surface area is 178 Å². The van der Waals surface area contributed by atoms with Crippen LogP contribution < -0.4 is 0 Å². The second-order valence-corrected chi connectivity index (χ2v) is 9.05. The van der Waals surface area contributed by atoms with Gasteiger partial charge in [0.15, 0.2) is 0 Å².